The Kier molecular flexibility index (Phi) is 6.23. The number of nitrogens with zero attached hydrogens (tertiary/aromatic N) is 1. The lowest BCUT2D eigenvalue weighted by Gasteiger charge is -2.49. The second-order valence-corrected chi connectivity index (χ2v) is 10.0. The Labute approximate surface area is 201 Å². The van der Waals surface area contributed by atoms with Gasteiger partial charge in [0.25, 0.3) is 5.91 Å². The molecule has 0 aliphatic carbocycles. The highest BCUT2D eigenvalue weighted by atomic mass is 32.2. The van der Waals surface area contributed by atoms with E-state index in [1.165, 1.54) is 23.9 Å². The maximum atomic E-state index is 15.1. The lowest BCUT2D eigenvalue weighted by molar-refractivity contribution is -0.0644. The van der Waals surface area contributed by atoms with Gasteiger partial charge in [-0.2, -0.15) is 0 Å². The number of rotatable bonds is 3. The minimum absolute atomic E-state index is 0.00291. The molecule has 2 aliphatic heterocycles. The van der Waals surface area contributed by atoms with E-state index in [-0.39, 0.29) is 35.3 Å². The number of carbonyl (C=O) groups excluding carboxylic acids is 1. The highest BCUT2D eigenvalue weighted by molar-refractivity contribution is 8.14. The summed E-state index contributed by atoms with van der Waals surface area (Å²) in [5.41, 5.74) is 0.767. The summed E-state index contributed by atoms with van der Waals surface area (Å²) in [5, 5.41) is 3.30. The van der Waals surface area contributed by atoms with E-state index in [0.717, 1.165) is 11.6 Å². The summed E-state index contributed by atoms with van der Waals surface area (Å²) in [5.74, 6) is -1.68. The third-order valence-corrected chi connectivity index (χ3v) is 7.69. The molecule has 3 aromatic rings. The van der Waals surface area contributed by atoms with Crippen molar-refractivity contribution in [3.63, 3.8) is 0 Å². The van der Waals surface area contributed by atoms with Crippen molar-refractivity contribution in [2.24, 2.45) is 10.9 Å². The maximum absolute atomic E-state index is 15.1. The molecule has 4 nitrogen and oxygen atoms in total. The van der Waals surface area contributed by atoms with E-state index in [4.69, 9.17) is 9.73 Å². The number of amidine groups is 1. The van der Waals surface area contributed by atoms with E-state index < -0.39 is 17.2 Å². The van der Waals surface area contributed by atoms with Crippen LogP contribution in [0.2, 0.25) is 0 Å². The van der Waals surface area contributed by atoms with Crippen molar-refractivity contribution in [3.8, 4) is 0 Å². The van der Waals surface area contributed by atoms with E-state index in [1.54, 1.807) is 24.3 Å². The quantitative estimate of drug-likeness (QED) is 0.513. The molecule has 1 saturated heterocycles. The molecule has 1 amide bonds. The van der Waals surface area contributed by atoms with Crippen molar-refractivity contribution in [3.05, 3.63) is 107 Å². The molecule has 1 N–H and O–H groups in total. The minimum atomic E-state index is -1.08. The molecule has 0 aromatic heterocycles. The van der Waals surface area contributed by atoms with Crippen molar-refractivity contribution in [2.75, 3.05) is 6.61 Å². The number of thioether (sulfide) groups is 1. The van der Waals surface area contributed by atoms with Gasteiger partial charge in [0, 0.05) is 28.4 Å². The predicted molar refractivity (Wildman–Crippen MR) is 130 cm³/mol. The summed E-state index contributed by atoms with van der Waals surface area (Å²) >= 11 is 1.46. The third-order valence-electron chi connectivity index (χ3n) is 6.58. The van der Waals surface area contributed by atoms with E-state index >= 15 is 4.39 Å². The molecule has 3 aromatic carbocycles. The lowest BCUT2D eigenvalue weighted by Crippen LogP contribution is -2.52. The van der Waals surface area contributed by atoms with Crippen molar-refractivity contribution in [2.45, 2.75) is 30.2 Å². The average Bonchev–Trinajstić information content (AvgIpc) is 2.85. The van der Waals surface area contributed by atoms with Crippen LogP contribution in [0.3, 0.4) is 0 Å². The Morgan fingerprint density at radius 2 is 1.76 bits per heavy atom. The number of aliphatic imine (C=N–C) groups is 1. The minimum Gasteiger partial charge on any atom is -0.371 e. The van der Waals surface area contributed by atoms with Crippen LogP contribution >= 0.6 is 11.8 Å². The maximum Gasteiger partial charge on any atom is 0.257 e. The van der Waals surface area contributed by atoms with Gasteiger partial charge in [-0.05, 0) is 30.2 Å². The second-order valence-electron chi connectivity index (χ2n) is 8.66. The van der Waals surface area contributed by atoms with Crippen LogP contribution in [-0.4, -0.2) is 22.9 Å². The van der Waals surface area contributed by atoms with Gasteiger partial charge in [0.05, 0.1) is 12.7 Å². The average molecular weight is 479 g/mol. The standard InChI is InChI=1S/C27H24F2N2O2S/c1-17-22-15-24(18-8-4-2-5-9-18)33-16-27(22,21-13-12-20(28)14-23(21)29)31-26(34-17)30-25(32)19-10-6-3-7-11-19/h2-14,17,22,24H,15-16H2,1H3,(H,30,31,32). The molecule has 2 heterocycles. The van der Waals surface area contributed by atoms with Gasteiger partial charge in [-0.3, -0.25) is 4.79 Å². The molecule has 7 heteroatoms. The summed E-state index contributed by atoms with van der Waals surface area (Å²) < 4.78 is 35.2. The SMILES string of the molecule is CC1SC(NC(=O)c2ccccc2)=NC2(c3ccc(F)cc3F)COC(c3ccccc3)CC12. The summed E-state index contributed by atoms with van der Waals surface area (Å²) in [6.07, 6.45) is 0.472. The van der Waals surface area contributed by atoms with Crippen molar-refractivity contribution in [1.29, 1.82) is 0 Å². The fraction of sp³-hybridized carbons (Fsp3) is 0.259. The van der Waals surface area contributed by atoms with Gasteiger partial charge < -0.3 is 10.1 Å². The molecule has 2 aliphatic rings. The zero-order valence-electron chi connectivity index (χ0n) is 18.6. The van der Waals surface area contributed by atoms with Gasteiger partial charge in [0.15, 0.2) is 5.17 Å². The third kappa shape index (κ3) is 4.26. The van der Waals surface area contributed by atoms with Gasteiger partial charge in [0.2, 0.25) is 0 Å². The van der Waals surface area contributed by atoms with Gasteiger partial charge in [0.1, 0.15) is 17.2 Å². The van der Waals surface area contributed by atoms with Gasteiger partial charge in [-0.1, -0.05) is 73.3 Å². The van der Waals surface area contributed by atoms with Crippen molar-refractivity contribution >= 4 is 22.8 Å². The zero-order chi connectivity index (χ0) is 23.7. The lowest BCUT2D eigenvalue weighted by atomic mass is 9.72. The molecule has 0 spiro atoms. The van der Waals surface area contributed by atoms with Crippen LogP contribution in [0.25, 0.3) is 0 Å². The Morgan fingerprint density at radius 1 is 1.06 bits per heavy atom. The topological polar surface area (TPSA) is 50.7 Å². The summed E-state index contributed by atoms with van der Waals surface area (Å²) in [7, 11) is 0. The first-order valence-corrected chi connectivity index (χ1v) is 12.1. The van der Waals surface area contributed by atoms with Crippen LogP contribution in [0, 0.1) is 17.6 Å². The highest BCUT2D eigenvalue weighted by Gasteiger charge is 2.52. The molecular weight excluding hydrogens is 454 g/mol. The summed E-state index contributed by atoms with van der Waals surface area (Å²) in [4.78, 5) is 17.7. The van der Waals surface area contributed by atoms with Crippen LogP contribution in [0.15, 0.2) is 83.9 Å². The number of benzene rings is 3. The Balaban J connectivity index is 1.54. The number of hydrogen-bond acceptors (Lipinski definition) is 4. The number of nitrogens with one attached hydrogen (secondary N) is 1. The highest BCUT2D eigenvalue weighted by Crippen LogP contribution is 2.52. The predicted octanol–water partition coefficient (Wildman–Crippen LogP) is 5.86. The number of amides is 1. The molecule has 0 radical (unpaired) electrons. The number of carbonyl (C=O) groups is 1. The Hall–Kier alpha value is -3.03. The van der Waals surface area contributed by atoms with Crippen molar-refractivity contribution in [1.82, 2.24) is 5.32 Å². The molecular formula is C27H24F2N2O2S. The number of fused-ring (bicyclic) bond motifs is 1. The van der Waals surface area contributed by atoms with Crippen molar-refractivity contribution < 1.29 is 18.3 Å². The Bertz CT molecular complexity index is 1220. The van der Waals surface area contributed by atoms with Crippen LogP contribution in [0.1, 0.15) is 40.9 Å². The molecule has 0 saturated carbocycles. The van der Waals surface area contributed by atoms with E-state index in [9.17, 15) is 9.18 Å². The van der Waals surface area contributed by atoms with E-state index in [0.29, 0.717) is 17.2 Å². The first kappa shape index (κ1) is 22.7. The molecule has 34 heavy (non-hydrogen) atoms. The van der Waals surface area contributed by atoms with Crippen LogP contribution < -0.4 is 5.32 Å². The monoisotopic (exact) mass is 478 g/mol. The summed E-state index contributed by atoms with van der Waals surface area (Å²) in [6, 6.07) is 22.4. The number of halogens is 2. The van der Waals surface area contributed by atoms with E-state index in [2.05, 4.69) is 12.2 Å². The van der Waals surface area contributed by atoms with Gasteiger partial charge >= 0.3 is 0 Å². The number of ether oxygens (including phenoxy) is 1. The molecule has 4 unspecified atom stereocenters. The van der Waals surface area contributed by atoms with Gasteiger partial charge in [-0.15, -0.1) is 0 Å². The van der Waals surface area contributed by atoms with Gasteiger partial charge in [-0.25, -0.2) is 13.8 Å². The molecule has 1 fully saturated rings. The second kappa shape index (κ2) is 9.31. The first-order valence-electron chi connectivity index (χ1n) is 11.2. The summed E-state index contributed by atoms with van der Waals surface area (Å²) in [6.45, 7) is 2.18. The molecule has 0 bridgehead atoms. The molecule has 4 atom stereocenters. The normalized spacial score (nSPS) is 26.3. The van der Waals surface area contributed by atoms with Crippen LogP contribution in [0.5, 0.6) is 0 Å². The Morgan fingerprint density at radius 3 is 2.47 bits per heavy atom. The fourth-order valence-electron chi connectivity index (χ4n) is 4.88. The van der Waals surface area contributed by atoms with Crippen LogP contribution in [0.4, 0.5) is 8.78 Å². The molecule has 5 rings (SSSR count). The van der Waals surface area contributed by atoms with Crippen LogP contribution in [-0.2, 0) is 10.3 Å². The number of hydrogen-bond donors (Lipinski definition) is 1. The molecule has 174 valence electrons. The largest absolute Gasteiger partial charge is 0.371 e. The smallest absolute Gasteiger partial charge is 0.257 e. The zero-order valence-corrected chi connectivity index (χ0v) is 19.4. The van der Waals surface area contributed by atoms with E-state index in [1.807, 2.05) is 36.4 Å². The fourth-order valence-corrected chi connectivity index (χ4v) is 6.10. The first-order chi connectivity index (χ1) is 16.5.